The van der Waals surface area contributed by atoms with Gasteiger partial charge in [-0.25, -0.2) is 4.79 Å². The van der Waals surface area contributed by atoms with Crippen LogP contribution in [0.4, 0.5) is 4.79 Å². The molecule has 1 amide bonds. The molecular weight excluding hydrogens is 248 g/mol. The van der Waals surface area contributed by atoms with Crippen molar-refractivity contribution < 1.29 is 19.4 Å². The number of nitrogens with zero attached hydrogens (tertiary/aromatic N) is 3. The van der Waals surface area contributed by atoms with E-state index in [1.54, 1.807) is 11.5 Å². The van der Waals surface area contributed by atoms with E-state index in [9.17, 15) is 9.59 Å². The highest BCUT2D eigenvalue weighted by atomic mass is 32.2. The van der Waals surface area contributed by atoms with Crippen LogP contribution in [0.5, 0.6) is 0 Å². The van der Waals surface area contributed by atoms with Gasteiger partial charge in [0.05, 0.1) is 12.3 Å². The summed E-state index contributed by atoms with van der Waals surface area (Å²) in [4.78, 5) is 20.8. The van der Waals surface area contributed by atoms with Crippen molar-refractivity contribution in [1.29, 1.82) is 0 Å². The van der Waals surface area contributed by atoms with Crippen molar-refractivity contribution in [1.82, 2.24) is 14.8 Å². The van der Waals surface area contributed by atoms with E-state index in [-0.39, 0.29) is 12.4 Å². The van der Waals surface area contributed by atoms with Crippen molar-refractivity contribution in [2.24, 2.45) is 5.73 Å². The molecule has 0 aliphatic rings. The molecular formula is C8H12N4O4S. The van der Waals surface area contributed by atoms with Crippen LogP contribution in [0.2, 0.25) is 0 Å². The van der Waals surface area contributed by atoms with E-state index in [2.05, 4.69) is 14.9 Å². The first-order valence-corrected chi connectivity index (χ1v) is 5.66. The number of ether oxygens (including phenoxy) is 1. The summed E-state index contributed by atoms with van der Waals surface area (Å²) in [7, 11) is 0. The summed E-state index contributed by atoms with van der Waals surface area (Å²) in [5.41, 5.74) is 4.82. The summed E-state index contributed by atoms with van der Waals surface area (Å²) in [6.45, 7) is 2.15. The number of carboxylic acids is 1. The average Bonchev–Trinajstić information content (AvgIpc) is 2.57. The Bertz CT molecular complexity index is 420. The first kappa shape index (κ1) is 13.3. The summed E-state index contributed by atoms with van der Waals surface area (Å²) in [5.74, 6) is -0.420. The van der Waals surface area contributed by atoms with Crippen LogP contribution in [0.15, 0.2) is 5.16 Å². The van der Waals surface area contributed by atoms with Gasteiger partial charge in [-0.05, 0) is 6.92 Å². The maximum Gasteiger partial charge on any atom is 0.404 e. The Hall–Kier alpha value is -1.77. The summed E-state index contributed by atoms with van der Waals surface area (Å²) in [6, 6.07) is 0. The van der Waals surface area contributed by atoms with Gasteiger partial charge in [-0.2, -0.15) is 0 Å². The summed E-state index contributed by atoms with van der Waals surface area (Å²) < 4.78 is 6.25. The number of primary amides is 1. The lowest BCUT2D eigenvalue weighted by Gasteiger charge is -2.07. The van der Waals surface area contributed by atoms with Crippen molar-refractivity contribution in [2.75, 3.05) is 12.4 Å². The molecule has 1 aromatic heterocycles. The number of carbonyl (C=O) groups is 2. The molecule has 0 radical (unpaired) electrons. The number of hydrogen-bond acceptors (Lipinski definition) is 6. The summed E-state index contributed by atoms with van der Waals surface area (Å²) in [5, 5.41) is 16.7. The second-order valence-corrected chi connectivity index (χ2v) is 3.97. The predicted molar refractivity (Wildman–Crippen MR) is 58.7 cm³/mol. The van der Waals surface area contributed by atoms with Gasteiger partial charge < -0.3 is 20.1 Å². The molecule has 0 spiro atoms. The zero-order chi connectivity index (χ0) is 12.8. The number of nitrogens with two attached hydrogens (primary N) is 1. The number of rotatable bonds is 6. The molecule has 0 aromatic carbocycles. The fourth-order valence-corrected chi connectivity index (χ4v) is 1.82. The van der Waals surface area contributed by atoms with Gasteiger partial charge in [-0.15, -0.1) is 10.2 Å². The Balaban J connectivity index is 2.59. The van der Waals surface area contributed by atoms with Crippen LogP contribution < -0.4 is 5.73 Å². The Morgan fingerprint density at radius 1 is 1.53 bits per heavy atom. The normalized spacial score (nSPS) is 10.2. The molecule has 0 saturated carbocycles. The minimum atomic E-state index is -0.935. The number of aryl methyl sites for hydroxylation is 1. The van der Waals surface area contributed by atoms with E-state index in [0.717, 1.165) is 11.8 Å². The van der Waals surface area contributed by atoms with Crippen molar-refractivity contribution in [3.8, 4) is 0 Å². The number of carboxylic acid groups (broad SMARTS) is 1. The van der Waals surface area contributed by atoms with Crippen LogP contribution in [-0.4, -0.2) is 44.3 Å². The molecule has 0 fully saturated rings. The van der Waals surface area contributed by atoms with Gasteiger partial charge in [0.1, 0.15) is 12.4 Å². The first-order chi connectivity index (χ1) is 8.00. The standard InChI is InChI=1S/C8H12N4O4S/c1-5-10-11-8(17-4-6(13)14)12(5)2-3-16-7(9)15/h2-4H2,1H3,(H2,9,15)(H,13,14). The number of aromatic nitrogens is 3. The molecule has 17 heavy (non-hydrogen) atoms. The molecule has 0 aliphatic heterocycles. The SMILES string of the molecule is Cc1nnc(SCC(=O)O)n1CCOC(N)=O. The van der Waals surface area contributed by atoms with Crippen LogP contribution in [0, 0.1) is 6.92 Å². The number of carbonyl (C=O) groups excluding carboxylic acids is 1. The number of thioether (sulfide) groups is 1. The lowest BCUT2D eigenvalue weighted by Crippen LogP contribution is -2.17. The summed E-state index contributed by atoms with van der Waals surface area (Å²) >= 11 is 1.05. The second kappa shape index (κ2) is 6.09. The molecule has 0 saturated heterocycles. The molecule has 0 bridgehead atoms. The largest absolute Gasteiger partial charge is 0.481 e. The minimum absolute atomic E-state index is 0.0921. The van der Waals surface area contributed by atoms with Crippen LogP contribution in [-0.2, 0) is 16.1 Å². The smallest absolute Gasteiger partial charge is 0.404 e. The van der Waals surface area contributed by atoms with Gasteiger partial charge in [-0.1, -0.05) is 11.8 Å². The molecule has 1 rings (SSSR count). The molecule has 8 nitrogen and oxygen atoms in total. The molecule has 0 unspecified atom stereocenters. The lowest BCUT2D eigenvalue weighted by atomic mass is 10.6. The van der Waals surface area contributed by atoms with Crippen LogP contribution in [0.3, 0.4) is 0 Å². The first-order valence-electron chi connectivity index (χ1n) is 4.67. The van der Waals surface area contributed by atoms with Gasteiger partial charge in [-0.3, -0.25) is 4.79 Å². The summed E-state index contributed by atoms with van der Waals surface area (Å²) in [6.07, 6.45) is -0.851. The molecule has 1 heterocycles. The van der Waals surface area contributed by atoms with Gasteiger partial charge in [0, 0.05) is 0 Å². The highest BCUT2D eigenvalue weighted by Gasteiger charge is 2.11. The van der Waals surface area contributed by atoms with E-state index < -0.39 is 12.1 Å². The predicted octanol–water partition coefficient (Wildman–Crippen LogP) is -0.141. The van der Waals surface area contributed by atoms with Gasteiger partial charge in [0.15, 0.2) is 5.16 Å². The van der Waals surface area contributed by atoms with Gasteiger partial charge in [0.2, 0.25) is 0 Å². The number of hydrogen-bond donors (Lipinski definition) is 2. The molecule has 9 heteroatoms. The van der Waals surface area contributed by atoms with Crippen molar-refractivity contribution in [2.45, 2.75) is 18.6 Å². The Morgan fingerprint density at radius 2 is 2.24 bits per heavy atom. The molecule has 94 valence electrons. The fourth-order valence-electron chi connectivity index (χ4n) is 1.09. The molecule has 0 aliphatic carbocycles. The second-order valence-electron chi connectivity index (χ2n) is 3.03. The third kappa shape index (κ3) is 4.31. The van der Waals surface area contributed by atoms with Gasteiger partial charge >= 0.3 is 12.1 Å². The Kier molecular flexibility index (Phi) is 4.76. The highest BCUT2D eigenvalue weighted by Crippen LogP contribution is 2.16. The zero-order valence-electron chi connectivity index (χ0n) is 9.12. The Morgan fingerprint density at radius 3 is 2.82 bits per heavy atom. The number of amides is 1. The monoisotopic (exact) mass is 260 g/mol. The zero-order valence-corrected chi connectivity index (χ0v) is 9.94. The van der Waals surface area contributed by atoms with Crippen molar-refractivity contribution >= 4 is 23.8 Å². The molecule has 3 N–H and O–H groups in total. The third-order valence-corrected chi connectivity index (χ3v) is 2.74. The molecule has 0 atom stereocenters. The van der Waals surface area contributed by atoms with E-state index in [4.69, 9.17) is 10.8 Å². The number of aliphatic carboxylic acids is 1. The minimum Gasteiger partial charge on any atom is -0.481 e. The van der Waals surface area contributed by atoms with Gasteiger partial charge in [0.25, 0.3) is 0 Å². The lowest BCUT2D eigenvalue weighted by molar-refractivity contribution is -0.133. The van der Waals surface area contributed by atoms with E-state index in [0.29, 0.717) is 17.5 Å². The van der Waals surface area contributed by atoms with E-state index >= 15 is 0 Å². The van der Waals surface area contributed by atoms with E-state index in [1.165, 1.54) is 0 Å². The van der Waals surface area contributed by atoms with E-state index in [1.807, 2.05) is 0 Å². The van der Waals surface area contributed by atoms with Crippen molar-refractivity contribution in [3.05, 3.63) is 5.82 Å². The van der Waals surface area contributed by atoms with Crippen LogP contribution in [0.25, 0.3) is 0 Å². The maximum atomic E-state index is 10.4. The topological polar surface area (TPSA) is 120 Å². The quantitative estimate of drug-likeness (QED) is 0.683. The van der Waals surface area contributed by atoms with Crippen LogP contribution in [0.1, 0.15) is 5.82 Å². The van der Waals surface area contributed by atoms with Crippen molar-refractivity contribution in [3.63, 3.8) is 0 Å². The Labute approximate surface area is 101 Å². The van der Waals surface area contributed by atoms with Crippen LogP contribution >= 0.6 is 11.8 Å². The highest BCUT2D eigenvalue weighted by molar-refractivity contribution is 7.99. The average molecular weight is 260 g/mol. The fraction of sp³-hybridized carbons (Fsp3) is 0.500. The molecule has 1 aromatic rings. The third-order valence-electron chi connectivity index (χ3n) is 1.79. The maximum absolute atomic E-state index is 10.4.